The van der Waals surface area contributed by atoms with Crippen LogP contribution in [-0.4, -0.2) is 55.5 Å². The molecule has 4 heterocycles. The summed E-state index contributed by atoms with van der Waals surface area (Å²) in [6.45, 7) is -0.0911. The number of nitrogens with one attached hydrogen (secondary N) is 2. The highest BCUT2D eigenvalue weighted by atomic mass is 19.2. The van der Waals surface area contributed by atoms with E-state index in [9.17, 15) is 23.2 Å². The summed E-state index contributed by atoms with van der Waals surface area (Å²) in [6, 6.07) is 8.62. The molecular weight excluding hydrogens is 524 g/mol. The predicted molar refractivity (Wildman–Crippen MR) is 139 cm³/mol. The minimum atomic E-state index is -1.05. The van der Waals surface area contributed by atoms with Gasteiger partial charge < -0.3 is 24.2 Å². The molecule has 13 heteroatoms. The Morgan fingerprint density at radius 3 is 2.73 bits per heavy atom. The monoisotopic (exact) mass is 547 g/mol. The smallest absolute Gasteiger partial charge is 0.263 e. The van der Waals surface area contributed by atoms with Crippen molar-refractivity contribution in [3.8, 4) is 11.5 Å². The van der Waals surface area contributed by atoms with Crippen LogP contribution in [0.1, 0.15) is 34.3 Å². The number of halogens is 2. The molecule has 0 aliphatic heterocycles. The first kappa shape index (κ1) is 26.4. The van der Waals surface area contributed by atoms with E-state index in [0.29, 0.717) is 16.8 Å². The second-order valence-electron chi connectivity index (χ2n) is 9.17. The number of nitrogens with zero attached hydrogens (tertiary/aromatic N) is 5. The van der Waals surface area contributed by atoms with E-state index in [1.165, 1.54) is 33.9 Å². The molecule has 0 fully saturated rings. The Morgan fingerprint density at radius 1 is 1.12 bits per heavy atom. The highest BCUT2D eigenvalue weighted by molar-refractivity contribution is 5.94. The summed E-state index contributed by atoms with van der Waals surface area (Å²) in [5.74, 6) is -3.04. The molecule has 4 aromatic heterocycles. The summed E-state index contributed by atoms with van der Waals surface area (Å²) < 4.78 is 34.0. The van der Waals surface area contributed by atoms with Gasteiger partial charge in [0, 0.05) is 38.1 Å². The maximum Gasteiger partial charge on any atom is 0.263 e. The van der Waals surface area contributed by atoms with Crippen LogP contribution in [0.15, 0.2) is 70.3 Å². The fourth-order valence-corrected chi connectivity index (χ4v) is 4.08. The third kappa shape index (κ3) is 5.34. The molecule has 5 rings (SSSR count). The Labute approximate surface area is 225 Å². The van der Waals surface area contributed by atoms with E-state index in [-0.39, 0.29) is 36.2 Å². The number of rotatable bonds is 8. The van der Waals surface area contributed by atoms with Crippen molar-refractivity contribution >= 4 is 22.8 Å². The molecule has 40 heavy (non-hydrogen) atoms. The Balaban J connectivity index is 1.42. The summed E-state index contributed by atoms with van der Waals surface area (Å²) in [7, 11) is 3.13. The molecule has 2 amide bonds. The van der Waals surface area contributed by atoms with E-state index in [2.05, 4.69) is 25.5 Å². The molecule has 0 bridgehead atoms. The van der Waals surface area contributed by atoms with Gasteiger partial charge in [-0.25, -0.2) is 13.8 Å². The van der Waals surface area contributed by atoms with E-state index in [0.717, 1.165) is 17.5 Å². The quantitative estimate of drug-likeness (QED) is 0.304. The number of amides is 2. The third-order valence-electron chi connectivity index (χ3n) is 6.20. The van der Waals surface area contributed by atoms with Crippen LogP contribution in [0.4, 0.5) is 8.78 Å². The molecule has 0 saturated heterocycles. The van der Waals surface area contributed by atoms with Crippen molar-refractivity contribution in [2.45, 2.75) is 19.0 Å². The SMILES string of the molecule is CN(C)C(=O)C[C@@H](NC(=O)c1cccn(Cc2ccc(F)c(F)c2)c1=O)c1nnc(-c2c[nH]c3ncccc23)o1. The van der Waals surface area contributed by atoms with Crippen molar-refractivity contribution in [3.05, 3.63) is 100 Å². The van der Waals surface area contributed by atoms with Crippen molar-refractivity contribution in [1.29, 1.82) is 0 Å². The minimum absolute atomic E-state index is 0.0326. The highest BCUT2D eigenvalue weighted by Gasteiger charge is 2.27. The van der Waals surface area contributed by atoms with Gasteiger partial charge in [-0.15, -0.1) is 10.2 Å². The number of hydrogen-bond acceptors (Lipinski definition) is 7. The molecule has 0 radical (unpaired) electrons. The Kier molecular flexibility index (Phi) is 7.19. The highest BCUT2D eigenvalue weighted by Crippen LogP contribution is 2.28. The van der Waals surface area contributed by atoms with Gasteiger partial charge in [-0.1, -0.05) is 6.07 Å². The van der Waals surface area contributed by atoms with Crippen LogP contribution in [-0.2, 0) is 11.3 Å². The zero-order valence-corrected chi connectivity index (χ0v) is 21.4. The van der Waals surface area contributed by atoms with Gasteiger partial charge in [0.15, 0.2) is 11.6 Å². The molecule has 1 aromatic carbocycles. The van der Waals surface area contributed by atoms with Gasteiger partial charge in [0.2, 0.25) is 17.7 Å². The van der Waals surface area contributed by atoms with Gasteiger partial charge in [-0.05, 0) is 42.0 Å². The van der Waals surface area contributed by atoms with Crippen LogP contribution in [0, 0.1) is 11.6 Å². The standard InChI is InChI=1S/C27H23F2N7O4/c1-35(2)22(37)12-21(26-34-33-25(40-26)18-13-31-23-16(18)5-3-9-30-23)32-24(38)17-6-4-10-36(27(17)39)14-15-7-8-19(28)20(29)11-15/h3-11,13,21H,12,14H2,1-2H3,(H,30,31)(H,32,38)/t21-/m1/s1. The lowest BCUT2D eigenvalue weighted by Crippen LogP contribution is -2.37. The average molecular weight is 548 g/mol. The number of fused-ring (bicyclic) bond motifs is 1. The average Bonchev–Trinajstić information content (AvgIpc) is 3.59. The van der Waals surface area contributed by atoms with E-state index in [4.69, 9.17) is 4.42 Å². The number of carbonyl (C=O) groups is 2. The third-order valence-corrected chi connectivity index (χ3v) is 6.20. The summed E-state index contributed by atoms with van der Waals surface area (Å²) in [6.07, 6.45) is 4.50. The summed E-state index contributed by atoms with van der Waals surface area (Å²) >= 11 is 0. The molecule has 0 aliphatic carbocycles. The summed E-state index contributed by atoms with van der Waals surface area (Å²) in [5.41, 5.74) is 0.649. The van der Waals surface area contributed by atoms with Gasteiger partial charge in [-0.3, -0.25) is 14.4 Å². The van der Waals surface area contributed by atoms with Gasteiger partial charge >= 0.3 is 0 Å². The molecule has 5 aromatic rings. The molecule has 1 atom stereocenters. The normalized spacial score (nSPS) is 11.9. The number of pyridine rings is 2. The number of aromatic amines is 1. The van der Waals surface area contributed by atoms with Crippen LogP contribution >= 0.6 is 0 Å². The lowest BCUT2D eigenvalue weighted by atomic mass is 10.1. The Bertz CT molecular complexity index is 1780. The van der Waals surface area contributed by atoms with E-state index >= 15 is 0 Å². The van der Waals surface area contributed by atoms with Gasteiger partial charge in [0.1, 0.15) is 17.3 Å². The van der Waals surface area contributed by atoms with Crippen molar-refractivity contribution in [2.24, 2.45) is 0 Å². The fraction of sp³-hybridized carbons (Fsp3) is 0.185. The molecule has 2 N–H and O–H groups in total. The van der Waals surface area contributed by atoms with Crippen LogP contribution in [0.2, 0.25) is 0 Å². The first-order valence-electron chi connectivity index (χ1n) is 12.1. The van der Waals surface area contributed by atoms with Crippen LogP contribution in [0.5, 0.6) is 0 Å². The van der Waals surface area contributed by atoms with Crippen LogP contribution in [0.3, 0.4) is 0 Å². The predicted octanol–water partition coefficient (Wildman–Crippen LogP) is 3.05. The Hall–Kier alpha value is -5.20. The largest absolute Gasteiger partial charge is 0.418 e. The van der Waals surface area contributed by atoms with Crippen molar-refractivity contribution in [3.63, 3.8) is 0 Å². The van der Waals surface area contributed by atoms with E-state index < -0.39 is 29.1 Å². The first-order valence-corrected chi connectivity index (χ1v) is 12.1. The van der Waals surface area contributed by atoms with E-state index in [1.54, 1.807) is 32.6 Å². The fourth-order valence-electron chi connectivity index (χ4n) is 4.08. The summed E-state index contributed by atoms with van der Waals surface area (Å²) in [4.78, 5) is 47.5. The van der Waals surface area contributed by atoms with Gasteiger partial charge in [-0.2, -0.15) is 0 Å². The number of H-pyrrole nitrogens is 1. The zero-order valence-electron chi connectivity index (χ0n) is 21.4. The van der Waals surface area contributed by atoms with Crippen molar-refractivity contribution < 1.29 is 22.8 Å². The molecule has 204 valence electrons. The van der Waals surface area contributed by atoms with Crippen molar-refractivity contribution in [1.82, 2.24) is 34.9 Å². The van der Waals surface area contributed by atoms with Crippen LogP contribution < -0.4 is 10.9 Å². The second-order valence-corrected chi connectivity index (χ2v) is 9.17. The zero-order chi connectivity index (χ0) is 28.4. The van der Waals surface area contributed by atoms with Crippen LogP contribution in [0.25, 0.3) is 22.5 Å². The number of hydrogen-bond donors (Lipinski definition) is 2. The lowest BCUT2D eigenvalue weighted by Gasteiger charge is -2.18. The number of benzene rings is 1. The minimum Gasteiger partial charge on any atom is -0.418 e. The molecular formula is C27H23F2N7O4. The second kappa shape index (κ2) is 10.9. The van der Waals surface area contributed by atoms with Gasteiger partial charge in [0.05, 0.1) is 18.5 Å². The molecule has 0 saturated carbocycles. The maximum absolute atomic E-state index is 13.6. The Morgan fingerprint density at radius 2 is 1.95 bits per heavy atom. The summed E-state index contributed by atoms with van der Waals surface area (Å²) in [5, 5.41) is 11.6. The van der Waals surface area contributed by atoms with Crippen molar-refractivity contribution in [2.75, 3.05) is 14.1 Å². The topological polar surface area (TPSA) is 139 Å². The first-order chi connectivity index (χ1) is 19.2. The molecule has 0 unspecified atom stereocenters. The van der Waals surface area contributed by atoms with E-state index in [1.807, 2.05) is 6.07 Å². The molecule has 0 aliphatic rings. The lowest BCUT2D eigenvalue weighted by molar-refractivity contribution is -0.129. The number of aromatic nitrogens is 5. The molecule has 11 nitrogen and oxygen atoms in total. The van der Waals surface area contributed by atoms with Gasteiger partial charge in [0.25, 0.3) is 11.5 Å². The molecule has 0 spiro atoms. The maximum atomic E-state index is 13.6. The number of carbonyl (C=O) groups excluding carboxylic acids is 2.